The van der Waals surface area contributed by atoms with Crippen molar-refractivity contribution in [2.45, 2.75) is 99.3 Å². The number of hydrogen-bond donors (Lipinski definition) is 0. The van der Waals surface area contributed by atoms with Crippen LogP contribution in [0.15, 0.2) is 115 Å². The average Bonchev–Trinajstić information content (AvgIpc) is 3.57. The maximum Gasteiger partial charge on any atom is 0.0543 e. The molecule has 0 bridgehead atoms. The molecule has 0 saturated heterocycles. The number of halogens is 1. The van der Waals surface area contributed by atoms with E-state index < -0.39 is 0 Å². The Morgan fingerprint density at radius 1 is 0.534 bits per heavy atom. The van der Waals surface area contributed by atoms with Crippen LogP contribution in [-0.4, -0.2) is 4.57 Å². The highest BCUT2D eigenvalue weighted by molar-refractivity contribution is 14.1. The molecule has 8 aromatic rings. The third-order valence-electron chi connectivity index (χ3n) is 12.6. The number of anilines is 3. The summed E-state index contributed by atoms with van der Waals surface area (Å²) in [5.41, 5.74) is 20.4. The second-order valence-corrected chi connectivity index (χ2v) is 20.8. The van der Waals surface area contributed by atoms with Crippen molar-refractivity contribution in [1.29, 1.82) is 0 Å². The highest BCUT2D eigenvalue weighted by atomic mass is 127. The minimum Gasteiger partial charge on any atom is -0.310 e. The molecule has 0 N–H and O–H groups in total. The van der Waals surface area contributed by atoms with Crippen molar-refractivity contribution in [2.24, 2.45) is 0 Å². The van der Waals surface area contributed by atoms with Crippen LogP contribution in [-0.2, 0) is 16.2 Å². The Hall–Kier alpha value is -4.87. The second-order valence-electron chi connectivity index (χ2n) is 19.7. The van der Waals surface area contributed by atoms with Gasteiger partial charge in [0.1, 0.15) is 0 Å². The fourth-order valence-corrected chi connectivity index (χ4v) is 10.5. The lowest BCUT2D eigenvalue weighted by atomic mass is 9.81. The normalized spacial score (nSPS) is 13.7. The number of rotatable bonds is 4. The maximum atomic E-state index is 2.58. The van der Waals surface area contributed by atoms with Crippen LogP contribution < -0.4 is 4.90 Å². The van der Waals surface area contributed by atoms with E-state index in [-0.39, 0.29) is 16.2 Å². The Kier molecular flexibility index (Phi) is 8.88. The standard InChI is InChI=1S/C55H55IN2/c1-32-22-33(2)25-39(24-32)57(40-26-34(3)23-35(4)27-40)50-31-46-51(52-42(50)14-13-15-47(52)56)41-19-18-38(30-45(41)55(46,11)12)58-48-20-16-36(53(5,6)7)28-43(48)44-29-37(54(8,9)10)17-21-49(44)58/h13-31H,1-12H3. The van der Waals surface area contributed by atoms with Crippen molar-refractivity contribution < 1.29 is 0 Å². The zero-order valence-electron chi connectivity index (χ0n) is 36.2. The van der Waals surface area contributed by atoms with Gasteiger partial charge in [0.25, 0.3) is 0 Å². The number of benzene rings is 7. The predicted octanol–water partition coefficient (Wildman–Crippen LogP) is 16.1. The Morgan fingerprint density at radius 3 is 1.55 bits per heavy atom. The van der Waals surface area contributed by atoms with Crippen LogP contribution in [0.4, 0.5) is 17.1 Å². The number of hydrogen-bond acceptors (Lipinski definition) is 1. The summed E-state index contributed by atoms with van der Waals surface area (Å²) in [6.07, 6.45) is 0. The minimum atomic E-state index is -0.253. The lowest BCUT2D eigenvalue weighted by molar-refractivity contribution is 0.590. The summed E-state index contributed by atoms with van der Waals surface area (Å²) in [6, 6.07) is 44.8. The van der Waals surface area contributed by atoms with Crippen molar-refractivity contribution in [3.05, 3.63) is 163 Å². The fourth-order valence-electron chi connectivity index (χ4n) is 9.74. The molecule has 0 aliphatic heterocycles. The molecule has 1 aromatic heterocycles. The van der Waals surface area contributed by atoms with Crippen LogP contribution in [0.2, 0.25) is 0 Å². The molecule has 2 nitrogen and oxygen atoms in total. The first-order valence-electron chi connectivity index (χ1n) is 20.8. The molecule has 0 atom stereocenters. The third-order valence-corrected chi connectivity index (χ3v) is 13.5. The van der Waals surface area contributed by atoms with Gasteiger partial charge < -0.3 is 9.47 Å². The number of nitrogens with zero attached hydrogens (tertiary/aromatic N) is 2. The van der Waals surface area contributed by atoms with E-state index in [4.69, 9.17) is 0 Å². The second kappa shape index (κ2) is 13.3. The molecule has 3 heteroatoms. The van der Waals surface area contributed by atoms with E-state index in [1.165, 1.54) is 115 Å². The summed E-state index contributed by atoms with van der Waals surface area (Å²) in [4.78, 5) is 2.51. The molecule has 9 rings (SSSR count). The van der Waals surface area contributed by atoms with E-state index in [0.29, 0.717) is 0 Å². The molecule has 1 aliphatic rings. The largest absolute Gasteiger partial charge is 0.310 e. The monoisotopic (exact) mass is 870 g/mol. The summed E-state index contributed by atoms with van der Waals surface area (Å²) < 4.78 is 3.78. The van der Waals surface area contributed by atoms with Gasteiger partial charge in [-0.05, 0) is 190 Å². The van der Waals surface area contributed by atoms with E-state index in [1.54, 1.807) is 0 Å². The summed E-state index contributed by atoms with van der Waals surface area (Å²) in [7, 11) is 0. The molecule has 0 radical (unpaired) electrons. The number of aromatic nitrogens is 1. The summed E-state index contributed by atoms with van der Waals surface area (Å²) in [5, 5.41) is 5.23. The molecule has 1 aliphatic carbocycles. The third kappa shape index (κ3) is 6.19. The molecule has 0 amide bonds. The SMILES string of the molecule is Cc1cc(C)cc(N(c2cc(C)cc(C)c2)c2cc3c(c4c(I)cccc24)-c2ccc(-n4c5ccc(C(C)(C)C)cc5c5cc(C(C)(C)C)ccc54)cc2C3(C)C)c1. The first-order chi connectivity index (χ1) is 27.3. The van der Waals surface area contributed by atoms with Crippen LogP contribution in [0, 0.1) is 31.3 Å². The smallest absolute Gasteiger partial charge is 0.0543 e. The molecular formula is C55H55IN2. The summed E-state index contributed by atoms with van der Waals surface area (Å²) in [6.45, 7) is 27.6. The molecule has 7 aromatic carbocycles. The van der Waals surface area contributed by atoms with Gasteiger partial charge in [0, 0.05) is 47.6 Å². The van der Waals surface area contributed by atoms with Gasteiger partial charge in [-0.1, -0.05) is 97.9 Å². The molecule has 58 heavy (non-hydrogen) atoms. The lowest BCUT2D eigenvalue weighted by Gasteiger charge is -2.31. The van der Waals surface area contributed by atoms with Crippen LogP contribution in [0.3, 0.4) is 0 Å². The van der Waals surface area contributed by atoms with Crippen molar-refractivity contribution in [3.63, 3.8) is 0 Å². The van der Waals surface area contributed by atoms with Gasteiger partial charge >= 0.3 is 0 Å². The first kappa shape index (κ1) is 38.6. The van der Waals surface area contributed by atoms with Crippen molar-refractivity contribution in [2.75, 3.05) is 4.90 Å². The summed E-state index contributed by atoms with van der Waals surface area (Å²) in [5.74, 6) is 0. The van der Waals surface area contributed by atoms with E-state index in [1.807, 2.05) is 0 Å². The van der Waals surface area contributed by atoms with Crippen LogP contribution in [0.1, 0.15) is 99.9 Å². The van der Waals surface area contributed by atoms with E-state index in [9.17, 15) is 0 Å². The Morgan fingerprint density at radius 2 is 1.05 bits per heavy atom. The van der Waals surface area contributed by atoms with Crippen LogP contribution in [0.25, 0.3) is 49.4 Å². The minimum absolute atomic E-state index is 0.0542. The molecular weight excluding hydrogens is 816 g/mol. The molecule has 0 fully saturated rings. The molecule has 0 saturated carbocycles. The highest BCUT2D eigenvalue weighted by Gasteiger charge is 2.39. The van der Waals surface area contributed by atoms with E-state index in [0.717, 1.165) is 0 Å². The first-order valence-corrected chi connectivity index (χ1v) is 21.9. The summed E-state index contributed by atoms with van der Waals surface area (Å²) >= 11 is 2.58. The Labute approximate surface area is 359 Å². The predicted molar refractivity (Wildman–Crippen MR) is 260 cm³/mol. The lowest BCUT2D eigenvalue weighted by Crippen LogP contribution is -2.17. The van der Waals surface area contributed by atoms with Gasteiger partial charge in [-0.3, -0.25) is 0 Å². The molecule has 0 unspecified atom stereocenters. The molecule has 1 heterocycles. The Bertz CT molecular complexity index is 2830. The van der Waals surface area contributed by atoms with Gasteiger partial charge in [-0.15, -0.1) is 0 Å². The number of fused-ring (bicyclic) bond motifs is 8. The van der Waals surface area contributed by atoms with E-state index in [2.05, 4.69) is 230 Å². The fraction of sp³-hybridized carbons (Fsp3) is 0.273. The molecule has 292 valence electrons. The molecule has 0 spiro atoms. The zero-order chi connectivity index (χ0) is 41.2. The van der Waals surface area contributed by atoms with Gasteiger partial charge in [0.2, 0.25) is 0 Å². The van der Waals surface area contributed by atoms with Crippen molar-refractivity contribution in [1.82, 2.24) is 4.57 Å². The quantitative estimate of drug-likeness (QED) is 0.160. The topological polar surface area (TPSA) is 8.17 Å². The Balaban J connectivity index is 1.30. The van der Waals surface area contributed by atoms with Crippen molar-refractivity contribution >= 4 is 72.2 Å². The maximum absolute atomic E-state index is 2.58. The van der Waals surface area contributed by atoms with Gasteiger partial charge in [-0.25, -0.2) is 0 Å². The van der Waals surface area contributed by atoms with Gasteiger partial charge in [-0.2, -0.15) is 0 Å². The van der Waals surface area contributed by atoms with Gasteiger partial charge in [0.05, 0.1) is 16.7 Å². The van der Waals surface area contributed by atoms with Crippen LogP contribution in [0.5, 0.6) is 0 Å². The van der Waals surface area contributed by atoms with Gasteiger partial charge in [0.15, 0.2) is 0 Å². The zero-order valence-corrected chi connectivity index (χ0v) is 38.4. The average molecular weight is 871 g/mol. The van der Waals surface area contributed by atoms with E-state index >= 15 is 0 Å². The van der Waals surface area contributed by atoms with Crippen molar-refractivity contribution in [3.8, 4) is 16.8 Å². The number of aryl methyl sites for hydroxylation is 4. The highest BCUT2D eigenvalue weighted by Crippen LogP contribution is 2.56. The van der Waals surface area contributed by atoms with Crippen LogP contribution >= 0.6 is 22.6 Å².